The number of rotatable bonds is 4. The number of hydrogen-bond donors (Lipinski definition) is 1. The van der Waals surface area contributed by atoms with Crippen molar-refractivity contribution >= 4 is 17.5 Å². The van der Waals surface area contributed by atoms with Crippen molar-refractivity contribution in [2.24, 2.45) is 0 Å². The minimum absolute atomic E-state index is 0.0653. The molecule has 1 aromatic carbocycles. The number of allylic oxidation sites excluding steroid dienone is 1. The van der Waals surface area contributed by atoms with Gasteiger partial charge in [0.25, 0.3) is 5.91 Å². The van der Waals surface area contributed by atoms with E-state index in [1.807, 2.05) is 26.0 Å². The standard InChI is InChI=1S/C13H16ClNO/c1-3-4-5-9-15-13(16)11-7-6-8-12(14)10(11)2/h3-4,6-8H,5,9H2,1-2H3,(H,15,16)/b4-3+. The van der Waals surface area contributed by atoms with Crippen LogP contribution in [-0.4, -0.2) is 12.5 Å². The zero-order valence-electron chi connectivity index (χ0n) is 9.59. The Kier molecular flexibility index (Phi) is 5.06. The highest BCUT2D eigenvalue weighted by Crippen LogP contribution is 2.18. The number of hydrogen-bond acceptors (Lipinski definition) is 1. The molecule has 0 spiro atoms. The number of carbonyl (C=O) groups is 1. The molecular weight excluding hydrogens is 222 g/mol. The van der Waals surface area contributed by atoms with Gasteiger partial charge in [0.2, 0.25) is 0 Å². The molecule has 0 saturated carbocycles. The number of nitrogens with one attached hydrogen (secondary N) is 1. The van der Waals surface area contributed by atoms with Gasteiger partial charge in [-0.15, -0.1) is 0 Å². The van der Waals surface area contributed by atoms with Crippen molar-refractivity contribution in [3.05, 3.63) is 46.5 Å². The van der Waals surface area contributed by atoms with Crippen molar-refractivity contribution in [3.8, 4) is 0 Å². The summed E-state index contributed by atoms with van der Waals surface area (Å²) in [5, 5.41) is 3.48. The fourth-order valence-corrected chi connectivity index (χ4v) is 1.56. The lowest BCUT2D eigenvalue weighted by Gasteiger charge is -2.07. The van der Waals surface area contributed by atoms with Crippen molar-refractivity contribution < 1.29 is 4.79 Å². The molecular formula is C13H16ClNO. The molecule has 0 atom stereocenters. The summed E-state index contributed by atoms with van der Waals surface area (Å²) in [7, 11) is 0. The van der Waals surface area contributed by atoms with E-state index in [4.69, 9.17) is 11.6 Å². The second-order valence-corrected chi connectivity index (χ2v) is 3.93. The molecule has 0 saturated heterocycles. The molecule has 0 fully saturated rings. The molecule has 0 heterocycles. The Labute approximate surface area is 101 Å². The third kappa shape index (κ3) is 3.38. The molecule has 3 heteroatoms. The predicted molar refractivity (Wildman–Crippen MR) is 68.0 cm³/mol. The van der Waals surface area contributed by atoms with Crippen LogP contribution in [0.2, 0.25) is 5.02 Å². The molecule has 0 unspecified atom stereocenters. The van der Waals surface area contributed by atoms with Gasteiger partial charge in [-0.1, -0.05) is 29.8 Å². The van der Waals surface area contributed by atoms with Crippen LogP contribution in [-0.2, 0) is 0 Å². The minimum atomic E-state index is -0.0653. The normalized spacial score (nSPS) is 10.7. The first kappa shape index (κ1) is 12.8. The van der Waals surface area contributed by atoms with E-state index in [-0.39, 0.29) is 5.91 Å². The molecule has 0 bridgehead atoms. The largest absolute Gasteiger partial charge is 0.352 e. The number of halogens is 1. The first-order valence-corrected chi connectivity index (χ1v) is 5.69. The summed E-state index contributed by atoms with van der Waals surface area (Å²) >= 11 is 5.95. The Bertz CT molecular complexity index is 399. The molecule has 0 aliphatic heterocycles. The van der Waals surface area contributed by atoms with E-state index >= 15 is 0 Å². The fourth-order valence-electron chi connectivity index (χ4n) is 1.38. The summed E-state index contributed by atoms with van der Waals surface area (Å²) in [6.07, 6.45) is 4.84. The highest BCUT2D eigenvalue weighted by molar-refractivity contribution is 6.31. The highest BCUT2D eigenvalue weighted by Gasteiger charge is 2.09. The number of carbonyl (C=O) groups excluding carboxylic acids is 1. The zero-order chi connectivity index (χ0) is 12.0. The van der Waals surface area contributed by atoms with Gasteiger partial charge >= 0.3 is 0 Å². The Morgan fingerprint density at radius 3 is 2.94 bits per heavy atom. The Morgan fingerprint density at radius 1 is 1.50 bits per heavy atom. The van der Waals surface area contributed by atoms with E-state index in [9.17, 15) is 4.79 Å². The van der Waals surface area contributed by atoms with Crippen LogP contribution in [0.4, 0.5) is 0 Å². The first-order valence-electron chi connectivity index (χ1n) is 5.31. The summed E-state index contributed by atoms with van der Waals surface area (Å²) in [4.78, 5) is 11.8. The van der Waals surface area contributed by atoms with E-state index in [0.717, 1.165) is 12.0 Å². The van der Waals surface area contributed by atoms with Crippen LogP contribution in [0.3, 0.4) is 0 Å². The Balaban J connectivity index is 2.63. The topological polar surface area (TPSA) is 29.1 Å². The van der Waals surface area contributed by atoms with E-state index in [1.54, 1.807) is 18.2 Å². The maximum Gasteiger partial charge on any atom is 0.251 e. The van der Waals surface area contributed by atoms with Crippen LogP contribution in [0.5, 0.6) is 0 Å². The van der Waals surface area contributed by atoms with Gasteiger partial charge in [0.15, 0.2) is 0 Å². The van der Waals surface area contributed by atoms with Crippen molar-refractivity contribution in [3.63, 3.8) is 0 Å². The Hall–Kier alpha value is -1.28. The van der Waals surface area contributed by atoms with E-state index < -0.39 is 0 Å². The average Bonchev–Trinajstić information content (AvgIpc) is 2.28. The van der Waals surface area contributed by atoms with Gasteiger partial charge in [0, 0.05) is 17.1 Å². The van der Waals surface area contributed by atoms with Gasteiger partial charge in [0.05, 0.1) is 0 Å². The van der Waals surface area contributed by atoms with Gasteiger partial charge in [-0.05, 0) is 38.0 Å². The lowest BCUT2D eigenvalue weighted by atomic mass is 10.1. The fraction of sp³-hybridized carbons (Fsp3) is 0.308. The third-order valence-electron chi connectivity index (χ3n) is 2.34. The van der Waals surface area contributed by atoms with Crippen molar-refractivity contribution in [1.29, 1.82) is 0 Å². The summed E-state index contributed by atoms with van der Waals surface area (Å²) in [6, 6.07) is 5.36. The minimum Gasteiger partial charge on any atom is -0.352 e. The smallest absolute Gasteiger partial charge is 0.251 e. The molecule has 2 nitrogen and oxygen atoms in total. The summed E-state index contributed by atoms with van der Waals surface area (Å²) in [5.41, 5.74) is 1.47. The molecule has 1 rings (SSSR count). The Morgan fingerprint density at radius 2 is 2.25 bits per heavy atom. The molecule has 0 radical (unpaired) electrons. The number of benzene rings is 1. The lowest BCUT2D eigenvalue weighted by molar-refractivity contribution is 0.0954. The molecule has 86 valence electrons. The van der Waals surface area contributed by atoms with Crippen LogP contribution < -0.4 is 5.32 Å². The number of amides is 1. The second kappa shape index (κ2) is 6.33. The highest BCUT2D eigenvalue weighted by atomic mass is 35.5. The van der Waals surface area contributed by atoms with Gasteiger partial charge in [0.1, 0.15) is 0 Å². The maximum absolute atomic E-state index is 11.8. The van der Waals surface area contributed by atoms with Crippen LogP contribution in [0.25, 0.3) is 0 Å². The van der Waals surface area contributed by atoms with E-state index in [0.29, 0.717) is 17.1 Å². The SMILES string of the molecule is C/C=C/CCNC(=O)c1cccc(Cl)c1C. The quantitative estimate of drug-likeness (QED) is 0.632. The third-order valence-corrected chi connectivity index (χ3v) is 2.75. The molecule has 0 aliphatic rings. The van der Waals surface area contributed by atoms with Crippen LogP contribution in [0.15, 0.2) is 30.4 Å². The average molecular weight is 238 g/mol. The molecule has 1 N–H and O–H groups in total. The maximum atomic E-state index is 11.8. The second-order valence-electron chi connectivity index (χ2n) is 3.53. The molecule has 1 amide bonds. The molecule has 16 heavy (non-hydrogen) atoms. The van der Waals surface area contributed by atoms with Gasteiger partial charge in [-0.3, -0.25) is 4.79 Å². The van der Waals surface area contributed by atoms with E-state index in [2.05, 4.69) is 5.32 Å². The van der Waals surface area contributed by atoms with Crippen LogP contribution >= 0.6 is 11.6 Å². The van der Waals surface area contributed by atoms with Gasteiger partial charge < -0.3 is 5.32 Å². The van der Waals surface area contributed by atoms with Crippen molar-refractivity contribution in [2.75, 3.05) is 6.54 Å². The van der Waals surface area contributed by atoms with Crippen LogP contribution in [0, 0.1) is 6.92 Å². The first-order chi connectivity index (χ1) is 7.66. The molecule has 0 aliphatic carbocycles. The summed E-state index contributed by atoms with van der Waals surface area (Å²) in [6.45, 7) is 4.46. The van der Waals surface area contributed by atoms with E-state index in [1.165, 1.54) is 0 Å². The van der Waals surface area contributed by atoms with Crippen LogP contribution in [0.1, 0.15) is 29.3 Å². The monoisotopic (exact) mass is 237 g/mol. The van der Waals surface area contributed by atoms with Crippen molar-refractivity contribution in [1.82, 2.24) is 5.32 Å². The summed E-state index contributed by atoms with van der Waals surface area (Å²) in [5.74, 6) is -0.0653. The zero-order valence-corrected chi connectivity index (χ0v) is 10.3. The van der Waals surface area contributed by atoms with Gasteiger partial charge in [-0.25, -0.2) is 0 Å². The molecule has 1 aromatic rings. The van der Waals surface area contributed by atoms with Gasteiger partial charge in [-0.2, -0.15) is 0 Å². The molecule has 0 aromatic heterocycles. The summed E-state index contributed by atoms with van der Waals surface area (Å²) < 4.78 is 0. The predicted octanol–water partition coefficient (Wildman–Crippen LogP) is 3.34. The lowest BCUT2D eigenvalue weighted by Crippen LogP contribution is -2.24. The van der Waals surface area contributed by atoms with Crippen molar-refractivity contribution in [2.45, 2.75) is 20.3 Å².